The molecule has 1 aliphatic heterocycles. The second-order valence-electron chi connectivity index (χ2n) is 5.23. The van der Waals surface area contributed by atoms with Gasteiger partial charge in [-0.25, -0.2) is 4.79 Å². The third-order valence-electron chi connectivity index (χ3n) is 3.58. The van der Waals surface area contributed by atoms with Gasteiger partial charge in [-0.05, 0) is 44.4 Å². The standard InChI is InChI=1S/C15H21ClN2O2/c1-10(12-5-3-6-13(16)9-12)17-15(19)18-11(2)14-7-4-8-20-14/h3,5-6,9-11,14H,4,7-8H2,1-2H3,(H2,17,18,19). The maximum absolute atomic E-state index is 12.0. The minimum atomic E-state index is -0.180. The van der Waals surface area contributed by atoms with Crippen LogP contribution in [0.15, 0.2) is 24.3 Å². The van der Waals surface area contributed by atoms with Crippen LogP contribution in [0, 0.1) is 0 Å². The molecule has 20 heavy (non-hydrogen) atoms. The predicted molar refractivity (Wildman–Crippen MR) is 80.0 cm³/mol. The summed E-state index contributed by atoms with van der Waals surface area (Å²) in [5.74, 6) is 0. The Kier molecular flexibility index (Phi) is 5.26. The van der Waals surface area contributed by atoms with Crippen molar-refractivity contribution in [1.29, 1.82) is 0 Å². The number of amides is 2. The number of ether oxygens (including phenoxy) is 1. The largest absolute Gasteiger partial charge is 0.376 e. The van der Waals surface area contributed by atoms with E-state index in [1.165, 1.54) is 0 Å². The van der Waals surface area contributed by atoms with Gasteiger partial charge >= 0.3 is 6.03 Å². The van der Waals surface area contributed by atoms with E-state index >= 15 is 0 Å². The summed E-state index contributed by atoms with van der Waals surface area (Å²) in [7, 11) is 0. The van der Waals surface area contributed by atoms with Gasteiger partial charge in [0.1, 0.15) is 0 Å². The van der Waals surface area contributed by atoms with Gasteiger partial charge in [-0.1, -0.05) is 23.7 Å². The normalized spacial score (nSPS) is 21.2. The average Bonchev–Trinajstić information content (AvgIpc) is 2.92. The molecule has 1 aromatic carbocycles. The second-order valence-corrected chi connectivity index (χ2v) is 5.67. The van der Waals surface area contributed by atoms with E-state index in [0.717, 1.165) is 25.0 Å². The zero-order valence-corrected chi connectivity index (χ0v) is 12.6. The van der Waals surface area contributed by atoms with Crippen LogP contribution < -0.4 is 10.6 Å². The predicted octanol–water partition coefficient (Wildman–Crippen LogP) is 3.27. The lowest BCUT2D eigenvalue weighted by molar-refractivity contribution is 0.0859. The van der Waals surface area contributed by atoms with Crippen molar-refractivity contribution in [2.24, 2.45) is 0 Å². The number of carbonyl (C=O) groups excluding carboxylic acids is 1. The van der Waals surface area contributed by atoms with Gasteiger partial charge in [0.05, 0.1) is 18.2 Å². The van der Waals surface area contributed by atoms with Gasteiger partial charge in [-0.15, -0.1) is 0 Å². The summed E-state index contributed by atoms with van der Waals surface area (Å²) in [5.41, 5.74) is 0.984. The van der Waals surface area contributed by atoms with Crippen LogP contribution in [0.1, 0.15) is 38.3 Å². The number of carbonyl (C=O) groups is 1. The Morgan fingerprint density at radius 1 is 1.40 bits per heavy atom. The summed E-state index contributed by atoms with van der Waals surface area (Å²) in [6.45, 7) is 4.69. The minimum absolute atomic E-state index is 0.0176. The molecule has 5 heteroatoms. The SMILES string of the molecule is CC(NC(=O)NC(C)C1CCCO1)c1cccc(Cl)c1. The van der Waals surface area contributed by atoms with Crippen molar-refractivity contribution >= 4 is 17.6 Å². The van der Waals surface area contributed by atoms with E-state index in [4.69, 9.17) is 16.3 Å². The zero-order chi connectivity index (χ0) is 14.5. The molecular formula is C15H21ClN2O2. The molecule has 1 heterocycles. The summed E-state index contributed by atoms with van der Waals surface area (Å²) >= 11 is 5.95. The average molecular weight is 297 g/mol. The van der Waals surface area contributed by atoms with Crippen molar-refractivity contribution in [1.82, 2.24) is 10.6 Å². The van der Waals surface area contributed by atoms with Crippen molar-refractivity contribution in [2.45, 2.75) is 44.9 Å². The van der Waals surface area contributed by atoms with Gasteiger partial charge in [0, 0.05) is 11.6 Å². The van der Waals surface area contributed by atoms with Gasteiger partial charge < -0.3 is 15.4 Å². The molecule has 1 fully saturated rings. The first-order chi connectivity index (χ1) is 9.56. The van der Waals surface area contributed by atoms with E-state index < -0.39 is 0 Å². The summed E-state index contributed by atoms with van der Waals surface area (Å²) in [5, 5.41) is 6.51. The lowest BCUT2D eigenvalue weighted by Crippen LogP contribution is -2.46. The first kappa shape index (κ1) is 15.1. The molecule has 2 N–H and O–H groups in total. The Labute approximate surface area is 124 Å². The molecular weight excluding hydrogens is 276 g/mol. The Morgan fingerprint density at radius 3 is 2.85 bits per heavy atom. The zero-order valence-electron chi connectivity index (χ0n) is 11.9. The van der Waals surface area contributed by atoms with Crippen molar-refractivity contribution in [3.63, 3.8) is 0 Å². The fourth-order valence-corrected chi connectivity index (χ4v) is 2.59. The molecule has 0 radical (unpaired) electrons. The van der Waals surface area contributed by atoms with Gasteiger partial charge in [0.25, 0.3) is 0 Å². The van der Waals surface area contributed by atoms with Gasteiger partial charge in [-0.3, -0.25) is 0 Å². The van der Waals surface area contributed by atoms with Gasteiger partial charge in [0.15, 0.2) is 0 Å². The minimum Gasteiger partial charge on any atom is -0.376 e. The molecule has 0 spiro atoms. The van der Waals surface area contributed by atoms with Crippen LogP contribution in [0.25, 0.3) is 0 Å². The third-order valence-corrected chi connectivity index (χ3v) is 3.81. The van der Waals surface area contributed by atoms with Crippen LogP contribution >= 0.6 is 11.6 Å². The lowest BCUT2D eigenvalue weighted by Gasteiger charge is -2.22. The van der Waals surface area contributed by atoms with Crippen molar-refractivity contribution in [3.05, 3.63) is 34.9 Å². The smallest absolute Gasteiger partial charge is 0.315 e. The van der Waals surface area contributed by atoms with Crippen LogP contribution in [-0.2, 0) is 4.74 Å². The van der Waals surface area contributed by atoms with E-state index in [-0.39, 0.29) is 24.2 Å². The highest BCUT2D eigenvalue weighted by molar-refractivity contribution is 6.30. The summed E-state index contributed by atoms with van der Waals surface area (Å²) in [4.78, 5) is 12.0. The maximum atomic E-state index is 12.0. The van der Waals surface area contributed by atoms with Gasteiger partial charge in [0.2, 0.25) is 0 Å². The lowest BCUT2D eigenvalue weighted by atomic mass is 10.1. The van der Waals surface area contributed by atoms with Crippen LogP contribution in [0.3, 0.4) is 0 Å². The fourth-order valence-electron chi connectivity index (χ4n) is 2.39. The number of urea groups is 1. The summed E-state index contributed by atoms with van der Waals surface area (Å²) < 4.78 is 5.56. The molecule has 1 aromatic rings. The van der Waals surface area contributed by atoms with Crippen LogP contribution in [-0.4, -0.2) is 24.8 Å². The molecule has 0 aliphatic carbocycles. The highest BCUT2D eigenvalue weighted by Gasteiger charge is 2.24. The highest BCUT2D eigenvalue weighted by Crippen LogP contribution is 2.18. The van der Waals surface area contributed by atoms with Crippen LogP contribution in [0.4, 0.5) is 4.79 Å². The number of rotatable bonds is 4. The maximum Gasteiger partial charge on any atom is 0.315 e. The summed E-state index contributed by atoms with van der Waals surface area (Å²) in [6, 6.07) is 7.24. The number of benzene rings is 1. The molecule has 1 aliphatic rings. The van der Waals surface area contributed by atoms with E-state index in [2.05, 4.69) is 10.6 Å². The molecule has 2 amide bonds. The van der Waals surface area contributed by atoms with E-state index in [9.17, 15) is 4.79 Å². The Balaban J connectivity index is 1.84. The number of halogens is 1. The van der Waals surface area contributed by atoms with Crippen molar-refractivity contribution < 1.29 is 9.53 Å². The Bertz CT molecular complexity index is 461. The van der Waals surface area contributed by atoms with Gasteiger partial charge in [-0.2, -0.15) is 0 Å². The molecule has 0 saturated carbocycles. The van der Waals surface area contributed by atoms with E-state index in [1.807, 2.05) is 38.1 Å². The summed E-state index contributed by atoms with van der Waals surface area (Å²) in [6.07, 6.45) is 2.20. The van der Waals surface area contributed by atoms with Crippen molar-refractivity contribution in [2.75, 3.05) is 6.61 Å². The second kappa shape index (κ2) is 6.95. The monoisotopic (exact) mass is 296 g/mol. The van der Waals surface area contributed by atoms with E-state index in [1.54, 1.807) is 0 Å². The number of hydrogen-bond donors (Lipinski definition) is 2. The highest BCUT2D eigenvalue weighted by atomic mass is 35.5. The molecule has 3 atom stereocenters. The first-order valence-corrected chi connectivity index (χ1v) is 7.38. The Hall–Kier alpha value is -1.26. The molecule has 0 bridgehead atoms. The van der Waals surface area contributed by atoms with Crippen LogP contribution in [0.2, 0.25) is 5.02 Å². The molecule has 0 aromatic heterocycles. The quantitative estimate of drug-likeness (QED) is 0.896. The third kappa shape index (κ3) is 4.12. The van der Waals surface area contributed by atoms with E-state index in [0.29, 0.717) is 5.02 Å². The molecule has 110 valence electrons. The fraction of sp³-hybridized carbons (Fsp3) is 0.533. The first-order valence-electron chi connectivity index (χ1n) is 7.00. The molecule has 4 nitrogen and oxygen atoms in total. The Morgan fingerprint density at radius 2 is 2.20 bits per heavy atom. The number of hydrogen-bond acceptors (Lipinski definition) is 2. The van der Waals surface area contributed by atoms with Crippen LogP contribution in [0.5, 0.6) is 0 Å². The molecule has 1 saturated heterocycles. The topological polar surface area (TPSA) is 50.4 Å². The molecule has 3 unspecified atom stereocenters. The molecule has 2 rings (SSSR count). The number of nitrogens with one attached hydrogen (secondary N) is 2. The van der Waals surface area contributed by atoms with Crippen molar-refractivity contribution in [3.8, 4) is 0 Å².